The van der Waals surface area contributed by atoms with Crippen molar-refractivity contribution in [1.29, 1.82) is 0 Å². The van der Waals surface area contributed by atoms with Gasteiger partial charge in [-0.1, -0.05) is 24.3 Å². The molecule has 1 amide bonds. The molecule has 0 aliphatic carbocycles. The van der Waals surface area contributed by atoms with E-state index in [2.05, 4.69) is 26.3 Å². The van der Waals surface area contributed by atoms with Crippen LogP contribution in [0.1, 0.15) is 28.4 Å². The molecule has 0 bridgehead atoms. The lowest BCUT2D eigenvalue weighted by atomic mass is 9.95. The molecule has 0 fully saturated rings. The van der Waals surface area contributed by atoms with Gasteiger partial charge in [0.25, 0.3) is 11.6 Å². The number of nitro benzene ring substituents is 1. The van der Waals surface area contributed by atoms with Gasteiger partial charge in [0.2, 0.25) is 0 Å². The number of hydrogen-bond donors (Lipinski definition) is 2. The molecule has 0 unspecified atom stereocenters. The molecule has 1 atom stereocenters. The number of hydrogen-bond acceptors (Lipinski definition) is 7. The highest BCUT2D eigenvalue weighted by molar-refractivity contribution is 9.10. The summed E-state index contributed by atoms with van der Waals surface area (Å²) >= 11 is 3.27. The van der Waals surface area contributed by atoms with Gasteiger partial charge in [-0.3, -0.25) is 14.9 Å². The molecule has 3 aromatic rings. The van der Waals surface area contributed by atoms with Crippen LogP contribution in [0.4, 0.5) is 11.4 Å². The lowest BCUT2D eigenvalue weighted by Gasteiger charge is -2.43. The molecule has 4 rings (SSSR count). The van der Waals surface area contributed by atoms with E-state index in [1.165, 1.54) is 30.5 Å². The summed E-state index contributed by atoms with van der Waals surface area (Å²) in [6, 6.07) is 16.3. The highest BCUT2D eigenvalue weighted by Gasteiger charge is 2.43. The van der Waals surface area contributed by atoms with Gasteiger partial charge in [0.15, 0.2) is 17.2 Å². The number of nitrogens with zero attached hydrogens (tertiary/aromatic N) is 3. The van der Waals surface area contributed by atoms with Crippen molar-refractivity contribution in [2.75, 3.05) is 12.4 Å². The molecule has 168 valence electrons. The van der Waals surface area contributed by atoms with Gasteiger partial charge in [-0.25, -0.2) is 0 Å². The first-order chi connectivity index (χ1) is 15.7. The first kappa shape index (κ1) is 22.3. The van der Waals surface area contributed by atoms with Gasteiger partial charge in [0.1, 0.15) is 0 Å². The summed E-state index contributed by atoms with van der Waals surface area (Å²) in [6.45, 7) is 1.73. The summed E-state index contributed by atoms with van der Waals surface area (Å²) in [5.41, 5.74) is 0.745. The first-order valence-corrected chi connectivity index (χ1v) is 10.6. The summed E-state index contributed by atoms with van der Waals surface area (Å²) in [4.78, 5) is 24.3. The van der Waals surface area contributed by atoms with E-state index in [-0.39, 0.29) is 23.1 Å². The van der Waals surface area contributed by atoms with Crippen LogP contribution in [0.2, 0.25) is 0 Å². The standard InChI is InChI=1S/C23H19BrN4O5/c1-23(15-6-5-7-16(12-15)28(31)32)26-19-9-4-3-8-17(19)22(30)27(23)25-13-14-10-18(24)21(29)20(11-14)33-2/h3-13,26,29H,1-2H3/b25-13+/t23-/m1/s1. The Bertz CT molecular complexity index is 1300. The van der Waals surface area contributed by atoms with Gasteiger partial charge >= 0.3 is 0 Å². The second-order valence-corrected chi connectivity index (χ2v) is 8.32. The maximum Gasteiger partial charge on any atom is 0.278 e. The van der Waals surface area contributed by atoms with Crippen LogP contribution in [-0.4, -0.2) is 34.3 Å². The monoisotopic (exact) mass is 510 g/mol. The first-order valence-electron chi connectivity index (χ1n) is 9.82. The van der Waals surface area contributed by atoms with Crippen molar-refractivity contribution < 1.29 is 19.6 Å². The fourth-order valence-corrected chi connectivity index (χ4v) is 4.10. The Kier molecular flexibility index (Phi) is 5.77. The highest BCUT2D eigenvalue weighted by Crippen LogP contribution is 2.39. The van der Waals surface area contributed by atoms with E-state index in [4.69, 9.17) is 4.74 Å². The van der Waals surface area contributed by atoms with E-state index in [1.54, 1.807) is 55.5 Å². The van der Waals surface area contributed by atoms with Crippen molar-refractivity contribution in [3.63, 3.8) is 0 Å². The molecular weight excluding hydrogens is 492 g/mol. The van der Waals surface area contributed by atoms with Crippen LogP contribution in [0.3, 0.4) is 0 Å². The van der Waals surface area contributed by atoms with Crippen molar-refractivity contribution in [3.8, 4) is 11.5 Å². The minimum absolute atomic E-state index is 0.0549. The molecule has 9 nitrogen and oxygen atoms in total. The van der Waals surface area contributed by atoms with E-state index < -0.39 is 10.6 Å². The number of para-hydroxylation sites is 1. The SMILES string of the molecule is COc1cc(/C=N/N2C(=O)c3ccccc3N[C@@]2(C)c2cccc([N+](=O)[O-])c2)cc(Br)c1O. The van der Waals surface area contributed by atoms with Crippen molar-refractivity contribution in [3.05, 3.63) is 91.9 Å². The Balaban J connectivity index is 1.83. The topological polar surface area (TPSA) is 117 Å². The Morgan fingerprint density at radius 2 is 1.97 bits per heavy atom. The molecule has 1 aliphatic rings. The number of fused-ring (bicyclic) bond motifs is 1. The molecule has 0 radical (unpaired) electrons. The van der Waals surface area contributed by atoms with E-state index >= 15 is 0 Å². The number of benzene rings is 3. The lowest BCUT2D eigenvalue weighted by molar-refractivity contribution is -0.385. The van der Waals surface area contributed by atoms with E-state index in [0.717, 1.165) is 0 Å². The largest absolute Gasteiger partial charge is 0.503 e. The molecule has 10 heteroatoms. The van der Waals surface area contributed by atoms with Crippen LogP contribution in [0.5, 0.6) is 11.5 Å². The number of rotatable bonds is 5. The zero-order valence-corrected chi connectivity index (χ0v) is 19.2. The quantitative estimate of drug-likeness (QED) is 0.288. The number of nitrogens with one attached hydrogen (secondary N) is 1. The Morgan fingerprint density at radius 3 is 2.70 bits per heavy atom. The van der Waals surface area contributed by atoms with E-state index in [0.29, 0.717) is 26.9 Å². The Hall–Kier alpha value is -3.92. The van der Waals surface area contributed by atoms with Gasteiger partial charge in [0.05, 0.1) is 28.3 Å². The predicted octanol–water partition coefficient (Wildman–Crippen LogP) is 4.85. The number of non-ortho nitro benzene ring substituents is 1. The summed E-state index contributed by atoms with van der Waals surface area (Å²) in [7, 11) is 1.43. The number of amides is 1. The summed E-state index contributed by atoms with van der Waals surface area (Å²) < 4.78 is 5.57. The van der Waals surface area contributed by atoms with Crippen molar-refractivity contribution >= 4 is 39.4 Å². The summed E-state index contributed by atoms with van der Waals surface area (Å²) in [5, 5.41) is 30.4. The number of carbonyl (C=O) groups is 1. The fourth-order valence-electron chi connectivity index (χ4n) is 3.64. The van der Waals surface area contributed by atoms with Crippen molar-refractivity contribution in [2.24, 2.45) is 5.10 Å². The number of carbonyl (C=O) groups excluding carboxylic acids is 1. The highest BCUT2D eigenvalue weighted by atomic mass is 79.9. The number of nitro groups is 1. The number of ether oxygens (including phenoxy) is 1. The third kappa shape index (κ3) is 4.00. The zero-order valence-electron chi connectivity index (χ0n) is 17.7. The minimum Gasteiger partial charge on any atom is -0.503 e. The van der Waals surface area contributed by atoms with Crippen LogP contribution in [-0.2, 0) is 5.66 Å². The Labute approximate surface area is 197 Å². The Morgan fingerprint density at radius 1 is 1.21 bits per heavy atom. The number of anilines is 1. The van der Waals surface area contributed by atoms with Gasteiger partial charge in [-0.05, 0) is 52.7 Å². The molecule has 0 saturated heterocycles. The zero-order chi connectivity index (χ0) is 23.8. The van der Waals surface area contributed by atoms with Crippen molar-refractivity contribution in [1.82, 2.24) is 5.01 Å². The lowest BCUT2D eigenvalue weighted by Crippen LogP contribution is -2.53. The van der Waals surface area contributed by atoms with Crippen LogP contribution in [0, 0.1) is 10.1 Å². The van der Waals surface area contributed by atoms with Crippen LogP contribution >= 0.6 is 15.9 Å². The van der Waals surface area contributed by atoms with Gasteiger partial charge in [0, 0.05) is 23.4 Å². The smallest absolute Gasteiger partial charge is 0.278 e. The van der Waals surface area contributed by atoms with Gasteiger partial charge < -0.3 is 15.2 Å². The third-order valence-corrected chi connectivity index (χ3v) is 5.97. The number of hydrazone groups is 1. The van der Waals surface area contributed by atoms with E-state index in [9.17, 15) is 20.0 Å². The number of methoxy groups -OCH3 is 1. The number of aromatic hydroxyl groups is 1. The van der Waals surface area contributed by atoms with E-state index in [1.807, 2.05) is 0 Å². The average molecular weight is 511 g/mol. The summed E-state index contributed by atoms with van der Waals surface area (Å²) in [6.07, 6.45) is 1.45. The third-order valence-electron chi connectivity index (χ3n) is 5.36. The van der Waals surface area contributed by atoms with Crippen LogP contribution < -0.4 is 10.1 Å². The molecule has 0 aromatic heterocycles. The molecule has 1 aliphatic heterocycles. The molecule has 0 spiro atoms. The maximum atomic E-state index is 13.5. The van der Waals surface area contributed by atoms with Crippen LogP contribution in [0.25, 0.3) is 0 Å². The van der Waals surface area contributed by atoms with Gasteiger partial charge in [-0.15, -0.1) is 0 Å². The minimum atomic E-state index is -1.22. The average Bonchev–Trinajstić information content (AvgIpc) is 2.81. The van der Waals surface area contributed by atoms with Crippen LogP contribution in [0.15, 0.2) is 70.2 Å². The van der Waals surface area contributed by atoms with Crippen molar-refractivity contribution in [2.45, 2.75) is 12.6 Å². The molecule has 0 saturated carbocycles. The maximum absolute atomic E-state index is 13.5. The fraction of sp³-hybridized carbons (Fsp3) is 0.130. The second-order valence-electron chi connectivity index (χ2n) is 7.47. The normalized spacial score (nSPS) is 17.5. The van der Waals surface area contributed by atoms with Gasteiger partial charge in [-0.2, -0.15) is 10.1 Å². The summed E-state index contributed by atoms with van der Waals surface area (Å²) in [5.74, 6) is -0.194. The molecule has 1 heterocycles. The molecule has 3 aromatic carbocycles. The number of phenolic OH excluding ortho intramolecular Hbond substituents is 1. The molecular formula is C23H19BrN4O5. The molecule has 2 N–H and O–H groups in total. The predicted molar refractivity (Wildman–Crippen MR) is 127 cm³/mol. The second kappa shape index (κ2) is 8.55. The molecule has 33 heavy (non-hydrogen) atoms. The number of halogens is 1. The number of phenols is 1.